The lowest BCUT2D eigenvalue weighted by Crippen LogP contribution is -2.42. The van der Waals surface area contributed by atoms with E-state index in [9.17, 15) is 22.8 Å². The molecule has 0 aromatic heterocycles. The van der Waals surface area contributed by atoms with Crippen molar-refractivity contribution >= 4 is 44.6 Å². The number of nitrogens with one attached hydrogen (secondary N) is 2. The van der Waals surface area contributed by atoms with Gasteiger partial charge in [-0.05, 0) is 30.7 Å². The Labute approximate surface area is 156 Å². The van der Waals surface area contributed by atoms with Gasteiger partial charge in [0.25, 0.3) is 5.91 Å². The molecule has 3 rings (SSSR count). The highest BCUT2D eigenvalue weighted by atomic mass is 32.2. The molecule has 144 valence electrons. The zero-order valence-corrected chi connectivity index (χ0v) is 15.6. The summed E-state index contributed by atoms with van der Waals surface area (Å²) in [5.41, 5.74) is 1.31. The molecule has 0 spiro atoms. The molecule has 10 heteroatoms. The summed E-state index contributed by atoms with van der Waals surface area (Å²) < 4.78 is 23.3. The normalized spacial score (nSPS) is 21.5. The smallest absolute Gasteiger partial charge is 0.271 e. The first-order valence-corrected chi connectivity index (χ1v) is 10.3. The van der Waals surface area contributed by atoms with Gasteiger partial charge >= 0.3 is 0 Å². The van der Waals surface area contributed by atoms with Crippen LogP contribution in [0, 0.1) is 0 Å². The lowest BCUT2D eigenvalue weighted by atomic mass is 10.1. The summed E-state index contributed by atoms with van der Waals surface area (Å²) >= 11 is 0. The second-order valence-electron chi connectivity index (χ2n) is 6.55. The third-order valence-electron chi connectivity index (χ3n) is 4.34. The van der Waals surface area contributed by atoms with E-state index < -0.39 is 21.8 Å². The number of carbonyl (C=O) groups excluding carboxylic acids is 3. The maximum Gasteiger partial charge on any atom is 0.271 e. The topological polar surface area (TPSA) is 125 Å². The molecule has 9 nitrogen and oxygen atoms in total. The van der Waals surface area contributed by atoms with Crippen LogP contribution in [-0.4, -0.2) is 54.4 Å². The van der Waals surface area contributed by atoms with Gasteiger partial charge in [0.1, 0.15) is 5.71 Å². The minimum Gasteiger partial charge on any atom is -0.326 e. The summed E-state index contributed by atoms with van der Waals surface area (Å²) in [6.07, 6.45) is 0.645. The van der Waals surface area contributed by atoms with Crippen molar-refractivity contribution in [2.75, 3.05) is 22.1 Å². The molecule has 0 unspecified atom stereocenters. The van der Waals surface area contributed by atoms with E-state index >= 15 is 0 Å². The zero-order valence-electron chi connectivity index (χ0n) is 14.8. The predicted molar refractivity (Wildman–Crippen MR) is 99.9 cm³/mol. The molecule has 0 bridgehead atoms. The second kappa shape index (κ2) is 7.47. The van der Waals surface area contributed by atoms with Crippen molar-refractivity contribution in [3.05, 3.63) is 24.3 Å². The summed E-state index contributed by atoms with van der Waals surface area (Å²) in [6.45, 7) is 1.40. The molecule has 2 aliphatic heterocycles. The van der Waals surface area contributed by atoms with Crippen LogP contribution in [0.4, 0.5) is 11.4 Å². The number of amides is 3. The van der Waals surface area contributed by atoms with Gasteiger partial charge in [0.2, 0.25) is 11.8 Å². The van der Waals surface area contributed by atoms with Crippen molar-refractivity contribution in [3.8, 4) is 0 Å². The van der Waals surface area contributed by atoms with E-state index in [1.54, 1.807) is 24.3 Å². The van der Waals surface area contributed by atoms with Gasteiger partial charge in [0.15, 0.2) is 9.84 Å². The third kappa shape index (κ3) is 4.70. The van der Waals surface area contributed by atoms with E-state index in [2.05, 4.69) is 15.7 Å². The molecule has 1 fully saturated rings. The van der Waals surface area contributed by atoms with Crippen LogP contribution >= 0.6 is 0 Å². The van der Waals surface area contributed by atoms with Crippen molar-refractivity contribution in [2.24, 2.45) is 5.10 Å². The number of sulfone groups is 1. The Hall–Kier alpha value is -2.75. The van der Waals surface area contributed by atoms with E-state index in [-0.39, 0.29) is 41.9 Å². The van der Waals surface area contributed by atoms with E-state index in [1.807, 2.05) is 0 Å². The van der Waals surface area contributed by atoms with Crippen LogP contribution in [0.2, 0.25) is 0 Å². The Morgan fingerprint density at radius 3 is 2.30 bits per heavy atom. The molecule has 1 saturated heterocycles. The molecule has 0 saturated carbocycles. The summed E-state index contributed by atoms with van der Waals surface area (Å²) in [7, 11) is -3.16. The Bertz CT molecular complexity index is 908. The molecule has 1 aromatic rings. The van der Waals surface area contributed by atoms with Crippen molar-refractivity contribution < 1.29 is 22.8 Å². The molecular weight excluding hydrogens is 372 g/mol. The number of hydrogen-bond donors (Lipinski definition) is 2. The van der Waals surface area contributed by atoms with Crippen LogP contribution in [0.5, 0.6) is 0 Å². The Balaban J connectivity index is 1.69. The first-order chi connectivity index (χ1) is 12.7. The standard InChI is InChI=1S/C17H20N4O5S/c1-11(22)18-12-2-4-13(5-3-12)19-17(24)15-6-7-16(23)21(20-15)14-8-9-27(25,26)10-14/h2-5,14H,6-10H2,1H3,(H,18,22)(H,19,24)/t14-/m1/s1. The lowest BCUT2D eigenvalue weighted by molar-refractivity contribution is -0.133. The summed E-state index contributed by atoms with van der Waals surface area (Å²) in [5, 5.41) is 10.6. The molecule has 1 atom stereocenters. The average molecular weight is 392 g/mol. The fourth-order valence-corrected chi connectivity index (χ4v) is 4.72. The number of rotatable bonds is 4. The molecule has 2 aliphatic rings. The summed E-state index contributed by atoms with van der Waals surface area (Å²) in [4.78, 5) is 35.6. The Kier molecular flexibility index (Phi) is 5.26. The second-order valence-corrected chi connectivity index (χ2v) is 8.78. The molecule has 27 heavy (non-hydrogen) atoms. The number of carbonyl (C=O) groups is 3. The first kappa shape index (κ1) is 19.0. The van der Waals surface area contributed by atoms with Gasteiger partial charge in [-0.1, -0.05) is 0 Å². The SMILES string of the molecule is CC(=O)Nc1ccc(NC(=O)C2=NN([C@@H]3CCS(=O)(=O)C3)C(=O)CC2)cc1. The van der Waals surface area contributed by atoms with Crippen LogP contribution in [0.1, 0.15) is 26.2 Å². The number of anilines is 2. The van der Waals surface area contributed by atoms with Crippen molar-refractivity contribution in [1.29, 1.82) is 0 Å². The first-order valence-electron chi connectivity index (χ1n) is 8.52. The predicted octanol–water partition coefficient (Wildman–Crippen LogP) is 0.749. The van der Waals surface area contributed by atoms with Crippen LogP contribution in [-0.2, 0) is 24.2 Å². The van der Waals surface area contributed by atoms with Crippen LogP contribution in [0.3, 0.4) is 0 Å². The zero-order chi connectivity index (χ0) is 19.6. The molecule has 1 aromatic carbocycles. The van der Waals surface area contributed by atoms with Gasteiger partial charge in [-0.15, -0.1) is 0 Å². The molecule has 2 heterocycles. The number of hydrazone groups is 1. The monoisotopic (exact) mass is 392 g/mol. The van der Waals surface area contributed by atoms with Gasteiger partial charge in [-0.3, -0.25) is 14.4 Å². The quantitative estimate of drug-likeness (QED) is 0.782. The van der Waals surface area contributed by atoms with E-state index in [0.29, 0.717) is 17.8 Å². The van der Waals surface area contributed by atoms with Gasteiger partial charge in [0, 0.05) is 31.1 Å². The van der Waals surface area contributed by atoms with Crippen molar-refractivity contribution in [3.63, 3.8) is 0 Å². The summed E-state index contributed by atoms with van der Waals surface area (Å²) in [6, 6.07) is 6.07. The number of benzene rings is 1. The lowest BCUT2D eigenvalue weighted by Gasteiger charge is -2.27. The van der Waals surface area contributed by atoms with Gasteiger partial charge in [-0.25, -0.2) is 13.4 Å². The molecule has 0 radical (unpaired) electrons. The average Bonchev–Trinajstić information content (AvgIpc) is 2.96. The Morgan fingerprint density at radius 1 is 1.11 bits per heavy atom. The van der Waals surface area contributed by atoms with Gasteiger partial charge in [0.05, 0.1) is 17.5 Å². The maximum absolute atomic E-state index is 12.5. The van der Waals surface area contributed by atoms with Crippen LogP contribution in [0.25, 0.3) is 0 Å². The highest BCUT2D eigenvalue weighted by molar-refractivity contribution is 7.91. The fourth-order valence-electron chi connectivity index (χ4n) is 3.03. The number of nitrogens with zero attached hydrogens (tertiary/aromatic N) is 2. The Morgan fingerprint density at radius 2 is 1.74 bits per heavy atom. The largest absolute Gasteiger partial charge is 0.326 e. The van der Waals surface area contributed by atoms with Gasteiger partial charge in [-0.2, -0.15) is 5.10 Å². The molecule has 3 amide bonds. The minimum absolute atomic E-state index is 0.0269. The molecule has 0 aliphatic carbocycles. The highest BCUT2D eigenvalue weighted by Gasteiger charge is 2.37. The van der Waals surface area contributed by atoms with Crippen molar-refractivity contribution in [2.45, 2.75) is 32.2 Å². The van der Waals surface area contributed by atoms with Gasteiger partial charge < -0.3 is 10.6 Å². The van der Waals surface area contributed by atoms with Crippen LogP contribution in [0.15, 0.2) is 29.4 Å². The number of hydrogen-bond acceptors (Lipinski definition) is 6. The van der Waals surface area contributed by atoms with Crippen molar-refractivity contribution in [1.82, 2.24) is 5.01 Å². The summed E-state index contributed by atoms with van der Waals surface area (Å²) in [5.74, 6) is -1.00. The minimum atomic E-state index is -3.16. The third-order valence-corrected chi connectivity index (χ3v) is 6.09. The van der Waals surface area contributed by atoms with Crippen LogP contribution < -0.4 is 10.6 Å². The molecule has 2 N–H and O–H groups in total. The fraction of sp³-hybridized carbons (Fsp3) is 0.412. The van der Waals surface area contributed by atoms with E-state index in [0.717, 1.165) is 5.01 Å². The molecular formula is C17H20N4O5S. The maximum atomic E-state index is 12.5. The van der Waals surface area contributed by atoms with E-state index in [1.165, 1.54) is 6.92 Å². The van der Waals surface area contributed by atoms with E-state index in [4.69, 9.17) is 0 Å². The highest BCUT2D eigenvalue weighted by Crippen LogP contribution is 2.22.